The number of rotatable bonds is 3. The lowest BCUT2D eigenvalue weighted by molar-refractivity contribution is 0.00112. The van der Waals surface area contributed by atoms with Crippen LogP contribution in [0.15, 0.2) is 24.5 Å². The Morgan fingerprint density at radius 2 is 2.50 bits per heavy atom. The second kappa shape index (κ2) is 5.08. The van der Waals surface area contributed by atoms with E-state index in [2.05, 4.69) is 10.3 Å². The minimum Gasteiger partial charge on any atom is -0.359 e. The van der Waals surface area contributed by atoms with Gasteiger partial charge < -0.3 is 4.74 Å². The monoisotopic (exact) mass is 192 g/mol. The maximum Gasteiger partial charge on any atom is 0.108 e. The highest BCUT2D eigenvalue weighted by Crippen LogP contribution is 2.10. The molecule has 1 aromatic heterocycles. The molecule has 0 saturated carbocycles. The normalized spacial score (nSPS) is 22.1. The predicted molar refractivity (Wildman–Crippen MR) is 54.7 cm³/mol. The van der Waals surface area contributed by atoms with Gasteiger partial charge >= 0.3 is 0 Å². The maximum absolute atomic E-state index is 5.72. The average molecular weight is 192 g/mol. The van der Waals surface area contributed by atoms with Gasteiger partial charge in [-0.05, 0) is 37.4 Å². The van der Waals surface area contributed by atoms with Crippen molar-refractivity contribution >= 4 is 0 Å². The molecule has 0 spiro atoms. The molecule has 2 heterocycles. The van der Waals surface area contributed by atoms with Gasteiger partial charge in [0.25, 0.3) is 0 Å². The standard InChI is InChI=1S/C11H16N2O/c1-2-7-13-11(5-1)14-9-10-4-3-6-12-8-10/h3-4,6,8,11,13H,1-2,5,7,9H2. The van der Waals surface area contributed by atoms with Crippen LogP contribution in [0, 0.1) is 0 Å². The van der Waals surface area contributed by atoms with E-state index in [9.17, 15) is 0 Å². The minimum atomic E-state index is 0.240. The first-order valence-corrected chi connectivity index (χ1v) is 5.19. The fraction of sp³-hybridized carbons (Fsp3) is 0.545. The third-order valence-electron chi connectivity index (χ3n) is 2.44. The van der Waals surface area contributed by atoms with Crippen LogP contribution in [0.2, 0.25) is 0 Å². The SMILES string of the molecule is c1cncc(COC2CCCCN2)c1. The molecule has 1 atom stereocenters. The van der Waals surface area contributed by atoms with E-state index in [0.29, 0.717) is 6.61 Å². The summed E-state index contributed by atoms with van der Waals surface area (Å²) in [5, 5.41) is 3.35. The van der Waals surface area contributed by atoms with Gasteiger partial charge in [0, 0.05) is 12.4 Å². The highest BCUT2D eigenvalue weighted by Gasteiger charge is 2.12. The third kappa shape index (κ3) is 2.79. The van der Waals surface area contributed by atoms with E-state index in [-0.39, 0.29) is 6.23 Å². The molecule has 1 unspecified atom stereocenters. The van der Waals surface area contributed by atoms with Gasteiger partial charge in [-0.1, -0.05) is 6.07 Å². The lowest BCUT2D eigenvalue weighted by Crippen LogP contribution is -2.35. The molecule has 0 aliphatic carbocycles. The highest BCUT2D eigenvalue weighted by molar-refractivity contribution is 5.06. The van der Waals surface area contributed by atoms with Gasteiger partial charge in [-0.15, -0.1) is 0 Å². The van der Waals surface area contributed by atoms with Crippen LogP contribution >= 0.6 is 0 Å². The van der Waals surface area contributed by atoms with Gasteiger partial charge in [-0.25, -0.2) is 0 Å². The van der Waals surface area contributed by atoms with Crippen LogP contribution in [0.1, 0.15) is 24.8 Å². The van der Waals surface area contributed by atoms with Crippen LogP contribution in [-0.4, -0.2) is 17.8 Å². The number of nitrogens with one attached hydrogen (secondary N) is 1. The quantitative estimate of drug-likeness (QED) is 0.791. The first kappa shape index (κ1) is 9.62. The average Bonchev–Trinajstić information content (AvgIpc) is 2.29. The summed E-state index contributed by atoms with van der Waals surface area (Å²) in [6.45, 7) is 1.74. The summed E-state index contributed by atoms with van der Waals surface area (Å²) in [6, 6.07) is 3.98. The number of hydrogen-bond donors (Lipinski definition) is 1. The number of hydrogen-bond acceptors (Lipinski definition) is 3. The van der Waals surface area contributed by atoms with E-state index in [4.69, 9.17) is 4.74 Å². The van der Waals surface area contributed by atoms with Crippen molar-refractivity contribution in [3.63, 3.8) is 0 Å². The van der Waals surface area contributed by atoms with Crippen LogP contribution in [0.4, 0.5) is 0 Å². The third-order valence-corrected chi connectivity index (χ3v) is 2.44. The zero-order valence-electron chi connectivity index (χ0n) is 8.28. The molecule has 3 nitrogen and oxygen atoms in total. The van der Waals surface area contributed by atoms with Crippen molar-refractivity contribution in [2.45, 2.75) is 32.1 Å². The highest BCUT2D eigenvalue weighted by atomic mass is 16.5. The Balaban J connectivity index is 1.76. The van der Waals surface area contributed by atoms with Crippen molar-refractivity contribution in [1.29, 1.82) is 0 Å². The molecule has 1 N–H and O–H groups in total. The van der Waals surface area contributed by atoms with Gasteiger partial charge in [0.1, 0.15) is 6.23 Å². The molecule has 1 saturated heterocycles. The van der Waals surface area contributed by atoms with Crippen molar-refractivity contribution in [3.05, 3.63) is 30.1 Å². The Hall–Kier alpha value is -0.930. The molecule has 3 heteroatoms. The summed E-state index contributed by atoms with van der Waals surface area (Å²) in [6.07, 6.45) is 7.53. The summed E-state index contributed by atoms with van der Waals surface area (Å²) in [5.41, 5.74) is 1.14. The fourth-order valence-corrected chi connectivity index (χ4v) is 1.64. The molecule has 0 bridgehead atoms. The zero-order valence-corrected chi connectivity index (χ0v) is 8.28. The van der Waals surface area contributed by atoms with E-state index < -0.39 is 0 Å². The van der Waals surface area contributed by atoms with Gasteiger partial charge in [-0.2, -0.15) is 0 Å². The predicted octanol–water partition coefficient (Wildman–Crippen LogP) is 1.70. The van der Waals surface area contributed by atoms with Crippen molar-refractivity contribution < 1.29 is 4.74 Å². The molecular formula is C11H16N2O. The Labute approximate surface area is 84.5 Å². The maximum atomic E-state index is 5.72. The van der Waals surface area contributed by atoms with Crippen molar-refractivity contribution in [1.82, 2.24) is 10.3 Å². The van der Waals surface area contributed by atoms with E-state index >= 15 is 0 Å². The second-order valence-corrected chi connectivity index (χ2v) is 3.61. The zero-order chi connectivity index (χ0) is 9.64. The van der Waals surface area contributed by atoms with Gasteiger partial charge in [0.15, 0.2) is 0 Å². The smallest absolute Gasteiger partial charge is 0.108 e. The summed E-state index contributed by atoms with van der Waals surface area (Å²) in [5.74, 6) is 0. The van der Waals surface area contributed by atoms with Gasteiger partial charge in [-0.3, -0.25) is 10.3 Å². The van der Waals surface area contributed by atoms with E-state index in [0.717, 1.165) is 18.5 Å². The van der Waals surface area contributed by atoms with Crippen LogP contribution in [-0.2, 0) is 11.3 Å². The van der Waals surface area contributed by atoms with Crippen LogP contribution < -0.4 is 5.32 Å². The summed E-state index contributed by atoms with van der Waals surface area (Å²) < 4.78 is 5.72. The molecule has 1 aliphatic rings. The van der Waals surface area contributed by atoms with Crippen molar-refractivity contribution in [2.24, 2.45) is 0 Å². The number of nitrogens with zero attached hydrogens (tertiary/aromatic N) is 1. The lowest BCUT2D eigenvalue weighted by atomic mass is 10.1. The Kier molecular flexibility index (Phi) is 3.49. The van der Waals surface area contributed by atoms with E-state index in [1.54, 1.807) is 6.20 Å². The fourth-order valence-electron chi connectivity index (χ4n) is 1.64. The topological polar surface area (TPSA) is 34.1 Å². The van der Waals surface area contributed by atoms with Crippen molar-refractivity contribution in [2.75, 3.05) is 6.54 Å². The van der Waals surface area contributed by atoms with Gasteiger partial charge in [0.2, 0.25) is 0 Å². The molecule has 76 valence electrons. The molecule has 1 aliphatic heterocycles. The first-order valence-electron chi connectivity index (χ1n) is 5.19. The Morgan fingerprint density at radius 3 is 3.21 bits per heavy atom. The van der Waals surface area contributed by atoms with Crippen LogP contribution in [0.5, 0.6) is 0 Å². The van der Waals surface area contributed by atoms with Gasteiger partial charge in [0.05, 0.1) is 6.61 Å². The summed E-state index contributed by atoms with van der Waals surface area (Å²) in [4.78, 5) is 4.05. The van der Waals surface area contributed by atoms with E-state index in [1.807, 2.05) is 18.3 Å². The molecule has 0 radical (unpaired) electrons. The molecular weight excluding hydrogens is 176 g/mol. The molecule has 1 aromatic rings. The molecule has 0 aromatic carbocycles. The van der Waals surface area contributed by atoms with E-state index in [1.165, 1.54) is 12.8 Å². The largest absolute Gasteiger partial charge is 0.359 e. The van der Waals surface area contributed by atoms with Crippen LogP contribution in [0.25, 0.3) is 0 Å². The Morgan fingerprint density at radius 1 is 1.50 bits per heavy atom. The number of pyridine rings is 1. The molecule has 14 heavy (non-hydrogen) atoms. The lowest BCUT2D eigenvalue weighted by Gasteiger charge is -2.23. The minimum absolute atomic E-state index is 0.240. The molecule has 0 amide bonds. The van der Waals surface area contributed by atoms with Crippen LogP contribution in [0.3, 0.4) is 0 Å². The molecule has 1 fully saturated rings. The number of piperidine rings is 1. The summed E-state index contributed by atoms with van der Waals surface area (Å²) >= 11 is 0. The summed E-state index contributed by atoms with van der Waals surface area (Å²) in [7, 11) is 0. The Bertz CT molecular complexity index is 257. The number of aromatic nitrogens is 1. The molecule has 2 rings (SSSR count). The first-order chi connectivity index (χ1) is 6.95. The number of ether oxygens (including phenoxy) is 1. The second-order valence-electron chi connectivity index (χ2n) is 3.61. The van der Waals surface area contributed by atoms with Crippen molar-refractivity contribution in [3.8, 4) is 0 Å².